The number of anilines is 1. The fourth-order valence-electron chi connectivity index (χ4n) is 1.54. The minimum Gasteiger partial charge on any atom is -0.383 e. The fourth-order valence-corrected chi connectivity index (χ4v) is 2.11. The van der Waals surface area contributed by atoms with Gasteiger partial charge in [-0.3, -0.25) is 0 Å². The van der Waals surface area contributed by atoms with Crippen LogP contribution in [0.15, 0.2) is 18.2 Å². The van der Waals surface area contributed by atoms with Crippen LogP contribution in [0.2, 0.25) is 10.0 Å². The van der Waals surface area contributed by atoms with Crippen LogP contribution in [-0.2, 0) is 7.05 Å². The molecule has 1 aromatic heterocycles. The van der Waals surface area contributed by atoms with E-state index >= 15 is 0 Å². The monoisotopic (exact) mass is 255 g/mol. The van der Waals surface area contributed by atoms with Crippen LogP contribution in [-0.4, -0.2) is 9.55 Å². The Hall–Kier alpha value is -1.19. The van der Waals surface area contributed by atoms with Gasteiger partial charge in [-0.25, -0.2) is 4.98 Å². The van der Waals surface area contributed by atoms with Crippen molar-refractivity contribution in [2.75, 3.05) is 5.73 Å². The van der Waals surface area contributed by atoms with Crippen molar-refractivity contribution in [2.45, 2.75) is 6.92 Å². The lowest BCUT2D eigenvalue weighted by molar-refractivity contribution is 0.868. The molecule has 0 spiro atoms. The normalized spacial score (nSPS) is 10.8. The summed E-state index contributed by atoms with van der Waals surface area (Å²) in [6.07, 6.45) is 0. The van der Waals surface area contributed by atoms with Gasteiger partial charge in [-0.1, -0.05) is 29.3 Å². The summed E-state index contributed by atoms with van der Waals surface area (Å²) in [7, 11) is 1.85. The van der Waals surface area contributed by atoms with Gasteiger partial charge in [-0.05, 0) is 19.1 Å². The van der Waals surface area contributed by atoms with Gasteiger partial charge in [-0.15, -0.1) is 0 Å². The highest BCUT2D eigenvalue weighted by Gasteiger charge is 2.16. The van der Waals surface area contributed by atoms with Gasteiger partial charge in [-0.2, -0.15) is 0 Å². The van der Waals surface area contributed by atoms with Crippen molar-refractivity contribution >= 4 is 29.0 Å². The van der Waals surface area contributed by atoms with Crippen LogP contribution in [0.5, 0.6) is 0 Å². The largest absolute Gasteiger partial charge is 0.383 e. The molecule has 0 unspecified atom stereocenters. The smallest absolute Gasteiger partial charge is 0.131 e. The van der Waals surface area contributed by atoms with Gasteiger partial charge in [0.25, 0.3) is 0 Å². The summed E-state index contributed by atoms with van der Waals surface area (Å²) in [6.45, 7) is 1.88. The molecule has 0 aliphatic rings. The zero-order valence-electron chi connectivity index (χ0n) is 8.96. The molecule has 0 aliphatic heterocycles. The minimum absolute atomic E-state index is 0.553. The van der Waals surface area contributed by atoms with Crippen molar-refractivity contribution in [1.29, 1.82) is 0 Å². The van der Waals surface area contributed by atoms with Crippen molar-refractivity contribution in [2.24, 2.45) is 7.05 Å². The van der Waals surface area contributed by atoms with E-state index in [4.69, 9.17) is 28.9 Å². The molecule has 84 valence electrons. The van der Waals surface area contributed by atoms with Crippen LogP contribution in [0.25, 0.3) is 11.3 Å². The number of imidazole rings is 1. The maximum Gasteiger partial charge on any atom is 0.131 e. The third-order valence-electron chi connectivity index (χ3n) is 2.56. The first-order valence-corrected chi connectivity index (χ1v) is 5.51. The van der Waals surface area contributed by atoms with E-state index in [-0.39, 0.29) is 0 Å². The molecule has 2 aromatic rings. The maximum atomic E-state index is 6.11. The predicted octanol–water partition coefficient (Wildman–Crippen LogP) is 3.28. The predicted molar refractivity (Wildman–Crippen MR) is 67.8 cm³/mol. The lowest BCUT2D eigenvalue weighted by Crippen LogP contribution is -1.98. The number of rotatable bonds is 1. The number of aromatic nitrogens is 2. The molecule has 0 amide bonds. The number of halogens is 2. The summed E-state index contributed by atoms with van der Waals surface area (Å²) in [5, 5.41) is 1.11. The molecule has 2 rings (SSSR count). The Bertz CT molecular complexity index is 526. The second kappa shape index (κ2) is 4.00. The quantitative estimate of drug-likeness (QED) is 0.850. The third kappa shape index (κ3) is 1.66. The summed E-state index contributed by atoms with van der Waals surface area (Å²) < 4.78 is 1.80. The van der Waals surface area contributed by atoms with Gasteiger partial charge >= 0.3 is 0 Å². The Morgan fingerprint density at radius 3 is 2.25 bits per heavy atom. The first kappa shape index (κ1) is 11.3. The van der Waals surface area contributed by atoms with Crippen LogP contribution >= 0.6 is 23.2 Å². The SMILES string of the molecule is Cc1nc(-c2c(Cl)cccc2Cl)c(N)n1C. The molecule has 16 heavy (non-hydrogen) atoms. The van der Waals surface area contributed by atoms with Gasteiger partial charge in [0.1, 0.15) is 17.3 Å². The first-order valence-electron chi connectivity index (χ1n) is 4.75. The Morgan fingerprint density at radius 2 is 1.81 bits per heavy atom. The van der Waals surface area contributed by atoms with Gasteiger partial charge in [0.2, 0.25) is 0 Å². The molecule has 0 saturated heterocycles. The molecule has 0 bridgehead atoms. The van der Waals surface area contributed by atoms with Crippen LogP contribution in [0.3, 0.4) is 0 Å². The van der Waals surface area contributed by atoms with E-state index in [2.05, 4.69) is 4.98 Å². The van der Waals surface area contributed by atoms with E-state index < -0.39 is 0 Å². The van der Waals surface area contributed by atoms with Crippen molar-refractivity contribution in [1.82, 2.24) is 9.55 Å². The van der Waals surface area contributed by atoms with Crippen LogP contribution < -0.4 is 5.73 Å². The molecule has 1 aromatic carbocycles. The summed E-state index contributed by atoms with van der Waals surface area (Å²) >= 11 is 12.2. The summed E-state index contributed by atoms with van der Waals surface area (Å²) in [5.74, 6) is 1.39. The first-order chi connectivity index (χ1) is 7.52. The van der Waals surface area contributed by atoms with Gasteiger partial charge < -0.3 is 10.3 Å². The van der Waals surface area contributed by atoms with Crippen LogP contribution in [0, 0.1) is 6.92 Å². The highest BCUT2D eigenvalue weighted by atomic mass is 35.5. The average molecular weight is 256 g/mol. The van der Waals surface area contributed by atoms with E-state index in [0.29, 0.717) is 27.1 Å². The van der Waals surface area contributed by atoms with E-state index in [0.717, 1.165) is 5.82 Å². The molecule has 1 heterocycles. The minimum atomic E-state index is 0.553. The summed E-state index contributed by atoms with van der Waals surface area (Å²) in [6, 6.07) is 5.33. The van der Waals surface area contributed by atoms with E-state index in [1.54, 1.807) is 22.8 Å². The highest BCUT2D eigenvalue weighted by Crippen LogP contribution is 2.36. The van der Waals surface area contributed by atoms with E-state index in [1.807, 2.05) is 14.0 Å². The molecule has 0 fully saturated rings. The zero-order valence-corrected chi connectivity index (χ0v) is 10.5. The zero-order chi connectivity index (χ0) is 11.9. The molecular weight excluding hydrogens is 245 g/mol. The number of nitrogens with zero attached hydrogens (tertiary/aromatic N) is 2. The van der Waals surface area contributed by atoms with E-state index in [9.17, 15) is 0 Å². The summed E-state index contributed by atoms with van der Waals surface area (Å²) in [5.41, 5.74) is 7.28. The molecular formula is C11H11Cl2N3. The molecule has 2 N–H and O–H groups in total. The molecule has 0 atom stereocenters. The van der Waals surface area contributed by atoms with Crippen LogP contribution in [0.4, 0.5) is 5.82 Å². The number of hydrogen-bond acceptors (Lipinski definition) is 2. The maximum absolute atomic E-state index is 6.11. The molecule has 0 saturated carbocycles. The van der Waals surface area contributed by atoms with Gasteiger partial charge in [0.05, 0.1) is 10.0 Å². The van der Waals surface area contributed by atoms with Crippen molar-refractivity contribution in [3.05, 3.63) is 34.1 Å². The molecule has 0 radical (unpaired) electrons. The Morgan fingerprint density at radius 1 is 1.25 bits per heavy atom. The third-order valence-corrected chi connectivity index (χ3v) is 3.19. The van der Waals surface area contributed by atoms with Crippen molar-refractivity contribution in [3.63, 3.8) is 0 Å². The summed E-state index contributed by atoms with van der Waals surface area (Å²) in [4.78, 5) is 4.37. The highest BCUT2D eigenvalue weighted by molar-refractivity contribution is 6.39. The van der Waals surface area contributed by atoms with E-state index in [1.165, 1.54) is 0 Å². The Kier molecular flexibility index (Phi) is 2.82. The number of benzene rings is 1. The van der Waals surface area contributed by atoms with Gasteiger partial charge in [0.15, 0.2) is 0 Å². The molecule has 0 aliphatic carbocycles. The van der Waals surface area contributed by atoms with Crippen molar-refractivity contribution in [3.8, 4) is 11.3 Å². The number of nitrogen functional groups attached to an aromatic ring is 1. The second-order valence-corrected chi connectivity index (χ2v) is 4.36. The molecule has 5 heteroatoms. The topological polar surface area (TPSA) is 43.8 Å². The Labute approximate surface area is 104 Å². The fraction of sp³-hybridized carbons (Fsp3) is 0.182. The molecule has 3 nitrogen and oxygen atoms in total. The lowest BCUT2D eigenvalue weighted by atomic mass is 10.1. The van der Waals surface area contributed by atoms with Crippen molar-refractivity contribution < 1.29 is 0 Å². The Balaban J connectivity index is 2.72. The average Bonchev–Trinajstić information content (AvgIpc) is 2.47. The van der Waals surface area contributed by atoms with Crippen LogP contribution in [0.1, 0.15) is 5.82 Å². The number of hydrogen-bond donors (Lipinski definition) is 1. The lowest BCUT2D eigenvalue weighted by Gasteiger charge is -2.05. The standard InChI is InChI=1S/C11H11Cl2N3/c1-6-15-10(11(14)16(6)2)9-7(12)4-3-5-8(9)13/h3-5H,14H2,1-2H3. The van der Waals surface area contributed by atoms with Gasteiger partial charge in [0, 0.05) is 12.6 Å². The second-order valence-electron chi connectivity index (χ2n) is 3.55. The number of nitrogens with two attached hydrogens (primary N) is 1. The number of aryl methyl sites for hydroxylation is 1.